The van der Waals surface area contributed by atoms with E-state index in [4.69, 9.17) is 5.11 Å². The quantitative estimate of drug-likeness (QED) is 0.635. The Hall–Kier alpha value is -2.07. The maximum absolute atomic E-state index is 13.1. The number of nitrogens with one attached hydrogen (secondary N) is 2. The van der Waals surface area contributed by atoms with Crippen LogP contribution in [0.1, 0.15) is 20.7 Å². The Morgan fingerprint density at radius 1 is 1.14 bits per heavy atom. The Kier molecular flexibility index (Phi) is 5.33. The van der Waals surface area contributed by atoms with Gasteiger partial charge in [0.25, 0.3) is 5.91 Å². The van der Waals surface area contributed by atoms with Crippen molar-refractivity contribution in [3.63, 3.8) is 0 Å². The topological polar surface area (TPSA) is 113 Å². The summed E-state index contributed by atoms with van der Waals surface area (Å²) in [6.45, 7) is -0.277. The average Bonchev–Trinajstić information content (AvgIpc) is 2.35. The Morgan fingerprint density at radius 2 is 1.67 bits per heavy atom. The molecule has 1 aromatic rings. The van der Waals surface area contributed by atoms with Crippen molar-refractivity contribution in [2.75, 3.05) is 19.3 Å². The highest BCUT2D eigenvalue weighted by molar-refractivity contribution is 7.88. The van der Waals surface area contributed by atoms with Gasteiger partial charge < -0.3 is 10.4 Å². The number of carbonyl (C=O) groups is 2. The molecule has 1 aromatic carbocycles. The van der Waals surface area contributed by atoms with E-state index in [0.29, 0.717) is 12.1 Å². The number of hydrogen-bond donors (Lipinski definition) is 3. The Labute approximate surface area is 119 Å². The summed E-state index contributed by atoms with van der Waals surface area (Å²) in [6.07, 6.45) is 0.923. The summed E-state index contributed by atoms with van der Waals surface area (Å²) in [7, 11) is -3.43. The Bertz CT molecular complexity index is 675. The molecule has 7 nitrogen and oxygen atoms in total. The van der Waals surface area contributed by atoms with E-state index in [1.54, 1.807) is 0 Å². The van der Waals surface area contributed by atoms with Gasteiger partial charge in [0.1, 0.15) is 0 Å². The maximum atomic E-state index is 13.1. The molecular weight excluding hydrogens is 310 g/mol. The van der Waals surface area contributed by atoms with Crippen LogP contribution in [0.4, 0.5) is 8.78 Å². The smallest absolute Gasteiger partial charge is 0.336 e. The van der Waals surface area contributed by atoms with Gasteiger partial charge in [-0.25, -0.2) is 26.7 Å². The van der Waals surface area contributed by atoms with Gasteiger partial charge in [0, 0.05) is 13.1 Å². The minimum absolute atomic E-state index is 0.128. The lowest BCUT2D eigenvalue weighted by Crippen LogP contribution is -2.34. The number of rotatable bonds is 6. The molecule has 0 heterocycles. The van der Waals surface area contributed by atoms with E-state index in [-0.39, 0.29) is 13.1 Å². The van der Waals surface area contributed by atoms with E-state index in [0.717, 1.165) is 6.26 Å². The van der Waals surface area contributed by atoms with Gasteiger partial charge in [-0.1, -0.05) is 0 Å². The zero-order valence-electron chi connectivity index (χ0n) is 10.8. The van der Waals surface area contributed by atoms with Crippen LogP contribution < -0.4 is 10.0 Å². The first-order chi connectivity index (χ1) is 9.61. The molecule has 0 aliphatic heterocycles. The zero-order chi connectivity index (χ0) is 16.2. The number of halogens is 2. The van der Waals surface area contributed by atoms with E-state index in [1.165, 1.54) is 0 Å². The predicted octanol–water partition coefficient (Wildman–Crippen LogP) is -0.0580. The largest absolute Gasteiger partial charge is 0.478 e. The summed E-state index contributed by atoms with van der Waals surface area (Å²) in [5, 5.41) is 11.0. The van der Waals surface area contributed by atoms with Gasteiger partial charge >= 0.3 is 5.97 Å². The maximum Gasteiger partial charge on any atom is 0.336 e. The van der Waals surface area contributed by atoms with Crippen LogP contribution in [0.25, 0.3) is 0 Å². The van der Waals surface area contributed by atoms with Crippen molar-refractivity contribution in [1.29, 1.82) is 0 Å². The van der Waals surface area contributed by atoms with Gasteiger partial charge in [-0.3, -0.25) is 4.79 Å². The van der Waals surface area contributed by atoms with Gasteiger partial charge in [0.2, 0.25) is 10.0 Å². The summed E-state index contributed by atoms with van der Waals surface area (Å²) in [4.78, 5) is 22.6. The summed E-state index contributed by atoms with van der Waals surface area (Å²) < 4.78 is 49.7. The highest BCUT2D eigenvalue weighted by Gasteiger charge is 2.20. The third kappa shape index (κ3) is 5.08. The van der Waals surface area contributed by atoms with Crippen LogP contribution >= 0.6 is 0 Å². The molecule has 1 rings (SSSR count). The van der Waals surface area contributed by atoms with E-state index in [2.05, 4.69) is 10.0 Å². The molecule has 0 spiro atoms. The van der Waals surface area contributed by atoms with Crippen molar-refractivity contribution in [1.82, 2.24) is 10.0 Å². The summed E-state index contributed by atoms with van der Waals surface area (Å²) in [6, 6.07) is 0.874. The number of carboxylic acids is 1. The number of hydrogen-bond acceptors (Lipinski definition) is 4. The third-order valence-corrected chi connectivity index (χ3v) is 3.04. The van der Waals surface area contributed by atoms with E-state index in [9.17, 15) is 26.8 Å². The molecule has 0 bridgehead atoms. The molecule has 0 aromatic heterocycles. The molecule has 3 N–H and O–H groups in total. The number of carboxylic acid groups (broad SMARTS) is 1. The van der Waals surface area contributed by atoms with Crippen LogP contribution in [-0.2, 0) is 10.0 Å². The van der Waals surface area contributed by atoms with Gasteiger partial charge in [0.15, 0.2) is 11.6 Å². The Balaban J connectivity index is 2.83. The first kappa shape index (κ1) is 17.0. The van der Waals surface area contributed by atoms with Crippen molar-refractivity contribution >= 4 is 21.9 Å². The second kappa shape index (κ2) is 6.59. The molecule has 0 aliphatic rings. The second-order valence-corrected chi connectivity index (χ2v) is 5.87. The molecule has 0 atom stereocenters. The standard InChI is InChI=1S/C11H12F2N2O5S/c1-21(19,20)15-3-2-14-10(16)6-4-8(12)9(13)5-7(6)11(17)18/h4-5,15H,2-3H2,1H3,(H,14,16)(H,17,18). The number of aromatic carboxylic acids is 1. The van der Waals surface area contributed by atoms with Crippen LogP contribution in [0.15, 0.2) is 12.1 Å². The number of carbonyl (C=O) groups excluding carboxylic acids is 1. The van der Waals surface area contributed by atoms with Crippen molar-refractivity contribution in [3.8, 4) is 0 Å². The fourth-order valence-corrected chi connectivity index (χ4v) is 1.89. The Morgan fingerprint density at radius 3 is 2.14 bits per heavy atom. The van der Waals surface area contributed by atoms with Crippen molar-refractivity contribution in [2.24, 2.45) is 0 Å². The first-order valence-corrected chi connectivity index (χ1v) is 7.46. The number of benzene rings is 1. The summed E-state index contributed by atoms with van der Waals surface area (Å²) in [5.74, 6) is -5.29. The normalized spacial score (nSPS) is 11.2. The highest BCUT2D eigenvalue weighted by atomic mass is 32.2. The lowest BCUT2D eigenvalue weighted by Gasteiger charge is -2.08. The molecule has 0 saturated carbocycles. The lowest BCUT2D eigenvalue weighted by atomic mass is 10.1. The van der Waals surface area contributed by atoms with Crippen molar-refractivity contribution < 1.29 is 31.9 Å². The van der Waals surface area contributed by atoms with Gasteiger partial charge in [-0.15, -0.1) is 0 Å². The SMILES string of the molecule is CS(=O)(=O)NCCNC(=O)c1cc(F)c(F)cc1C(=O)O. The fraction of sp³-hybridized carbons (Fsp3) is 0.273. The molecule has 0 fully saturated rings. The van der Waals surface area contributed by atoms with Crippen LogP contribution in [0, 0.1) is 11.6 Å². The fourth-order valence-electron chi connectivity index (χ4n) is 1.42. The highest BCUT2D eigenvalue weighted by Crippen LogP contribution is 2.15. The zero-order valence-corrected chi connectivity index (χ0v) is 11.6. The second-order valence-electron chi connectivity index (χ2n) is 4.04. The molecule has 116 valence electrons. The van der Waals surface area contributed by atoms with Gasteiger partial charge in [-0.2, -0.15) is 0 Å². The molecule has 0 radical (unpaired) electrons. The van der Waals surface area contributed by atoms with Crippen LogP contribution in [0.2, 0.25) is 0 Å². The lowest BCUT2D eigenvalue weighted by molar-refractivity contribution is 0.0690. The molecule has 21 heavy (non-hydrogen) atoms. The van der Waals surface area contributed by atoms with Crippen LogP contribution in [-0.4, -0.2) is 44.7 Å². The molecule has 0 saturated heterocycles. The molecule has 1 amide bonds. The summed E-state index contributed by atoms with van der Waals surface area (Å²) in [5.41, 5.74) is -1.25. The van der Waals surface area contributed by atoms with E-state index >= 15 is 0 Å². The predicted molar refractivity (Wildman–Crippen MR) is 68.5 cm³/mol. The first-order valence-electron chi connectivity index (χ1n) is 5.57. The monoisotopic (exact) mass is 322 g/mol. The molecule has 10 heteroatoms. The number of amides is 1. The molecule has 0 aliphatic carbocycles. The minimum Gasteiger partial charge on any atom is -0.478 e. The van der Waals surface area contributed by atoms with E-state index in [1.807, 2.05) is 0 Å². The van der Waals surface area contributed by atoms with Crippen LogP contribution in [0.3, 0.4) is 0 Å². The van der Waals surface area contributed by atoms with Gasteiger partial charge in [0.05, 0.1) is 17.4 Å². The minimum atomic E-state index is -3.43. The number of sulfonamides is 1. The summed E-state index contributed by atoms with van der Waals surface area (Å²) >= 11 is 0. The third-order valence-electron chi connectivity index (χ3n) is 2.31. The van der Waals surface area contributed by atoms with Crippen LogP contribution in [0.5, 0.6) is 0 Å². The average molecular weight is 322 g/mol. The molecule has 0 unspecified atom stereocenters. The van der Waals surface area contributed by atoms with Gasteiger partial charge in [-0.05, 0) is 12.1 Å². The van der Waals surface area contributed by atoms with Crippen molar-refractivity contribution in [3.05, 3.63) is 34.9 Å². The molecular formula is C11H12F2N2O5S. The van der Waals surface area contributed by atoms with E-state index < -0.39 is 44.7 Å². The van der Waals surface area contributed by atoms with Crippen molar-refractivity contribution in [2.45, 2.75) is 0 Å².